The van der Waals surface area contributed by atoms with Crippen molar-refractivity contribution < 1.29 is 33.8 Å². The molecule has 1 aromatic heterocycles. The van der Waals surface area contributed by atoms with E-state index in [1.807, 2.05) is 4.98 Å². The number of aliphatic hydroxyl groups excluding tert-OH is 2. The Bertz CT molecular complexity index is 670. The van der Waals surface area contributed by atoms with E-state index in [1.54, 1.807) is 0 Å². The van der Waals surface area contributed by atoms with E-state index in [9.17, 15) is 24.4 Å². The molecule has 4 atom stereocenters. The first-order valence-corrected chi connectivity index (χ1v) is 7.25. The van der Waals surface area contributed by atoms with Crippen molar-refractivity contribution in [2.45, 2.75) is 24.5 Å². The van der Waals surface area contributed by atoms with Gasteiger partial charge in [-0.1, -0.05) is 0 Å². The third-order valence-corrected chi connectivity index (χ3v) is 3.35. The predicted octanol–water partition coefficient (Wildman–Crippen LogP) is -3.38. The normalized spacial score (nSPS) is 28.4. The van der Waals surface area contributed by atoms with E-state index in [1.165, 1.54) is 0 Å². The van der Waals surface area contributed by atoms with Gasteiger partial charge in [0.1, 0.15) is 18.3 Å². The molecule has 2 rings (SSSR count). The fourth-order valence-corrected chi connectivity index (χ4v) is 2.24. The van der Waals surface area contributed by atoms with E-state index in [-0.39, 0.29) is 29.6 Å². The maximum atomic E-state index is 11.6. The Morgan fingerprint density at radius 1 is 1.32 bits per heavy atom. The van der Waals surface area contributed by atoms with Crippen LogP contribution >= 0.6 is 7.82 Å². The molecule has 0 radical (unpaired) electrons. The van der Waals surface area contributed by atoms with Crippen LogP contribution in [0.15, 0.2) is 21.9 Å². The number of hydrogen-bond donors (Lipinski definition) is 5. The van der Waals surface area contributed by atoms with Gasteiger partial charge in [-0.2, -0.15) is 0 Å². The van der Waals surface area contributed by atoms with E-state index in [4.69, 9.17) is 14.5 Å². The zero-order chi connectivity index (χ0) is 15.8. The quantitative estimate of drug-likeness (QED) is 0.275. The molecule has 0 saturated carbocycles. The van der Waals surface area contributed by atoms with Gasteiger partial charge in [0, 0.05) is 12.3 Å². The van der Waals surface area contributed by atoms with Crippen LogP contribution in [0.2, 0.25) is 0 Å². The first-order chi connectivity index (χ1) is 9.69. The Morgan fingerprint density at radius 3 is 2.50 bits per heavy atom. The molecule has 120 valence electrons. The summed E-state index contributed by atoms with van der Waals surface area (Å²) in [7, 11) is -4.76. The standard InChI is InChI=1S/C9H13N2O9P.Na.H/c12-5-1-2-11(9(15)10-5)8-7(14)6(13)4(20-8)3-19-21(16,17)18;;/h1-2,4,6-8,13-14H,3H2,(H,10,12,15)(H2,16,17,18);;/t4-,6-,7-,8-;;/m1../s1. The average Bonchev–Trinajstić information content (AvgIpc) is 2.64. The molecular weight excluding hydrogens is 334 g/mol. The SMILES string of the molecule is O=c1ccn([C@@H]2O[C@H](COP(=O)(O)O)[C@@H](O)[C@H]2O)c(=O)[nH]1.[NaH]. The van der Waals surface area contributed by atoms with Crippen molar-refractivity contribution in [2.24, 2.45) is 0 Å². The van der Waals surface area contributed by atoms with Gasteiger partial charge in [0.05, 0.1) is 6.61 Å². The Hall–Kier alpha value is -0.330. The molecule has 0 amide bonds. The van der Waals surface area contributed by atoms with Crippen molar-refractivity contribution in [3.8, 4) is 0 Å². The number of phosphoric acid groups is 1. The van der Waals surface area contributed by atoms with Gasteiger partial charge >= 0.3 is 43.1 Å². The minimum absolute atomic E-state index is 0. The van der Waals surface area contributed by atoms with E-state index in [0.29, 0.717) is 0 Å². The monoisotopic (exact) mass is 348 g/mol. The van der Waals surface area contributed by atoms with Crippen molar-refractivity contribution in [3.05, 3.63) is 33.1 Å². The maximum absolute atomic E-state index is 11.6. The predicted molar refractivity (Wildman–Crippen MR) is 72.4 cm³/mol. The van der Waals surface area contributed by atoms with Crippen molar-refractivity contribution >= 4 is 37.4 Å². The molecule has 1 aromatic rings. The Morgan fingerprint density at radius 2 is 1.95 bits per heavy atom. The topological polar surface area (TPSA) is 171 Å². The van der Waals surface area contributed by atoms with Crippen LogP contribution in [0.5, 0.6) is 0 Å². The van der Waals surface area contributed by atoms with Gasteiger partial charge in [0.15, 0.2) is 6.23 Å². The van der Waals surface area contributed by atoms with Gasteiger partial charge in [0.25, 0.3) is 5.56 Å². The Labute approximate surface area is 145 Å². The van der Waals surface area contributed by atoms with E-state index in [0.717, 1.165) is 16.8 Å². The second kappa shape index (κ2) is 7.49. The summed E-state index contributed by atoms with van der Waals surface area (Å²) in [5.74, 6) is 0. The second-order valence-electron chi connectivity index (χ2n) is 4.35. The molecule has 5 N–H and O–H groups in total. The zero-order valence-corrected chi connectivity index (χ0v) is 11.3. The summed E-state index contributed by atoms with van der Waals surface area (Å²) in [6.07, 6.45) is -4.58. The van der Waals surface area contributed by atoms with Crippen LogP contribution < -0.4 is 11.2 Å². The number of nitrogens with zero attached hydrogens (tertiary/aromatic N) is 1. The minimum atomic E-state index is -4.76. The van der Waals surface area contributed by atoms with Crippen LogP contribution in [0.1, 0.15) is 6.23 Å². The first-order valence-electron chi connectivity index (χ1n) is 5.72. The summed E-state index contributed by atoms with van der Waals surface area (Å²) in [6.45, 7) is -0.683. The van der Waals surface area contributed by atoms with Crippen LogP contribution in [0.25, 0.3) is 0 Å². The molecule has 0 spiro atoms. The van der Waals surface area contributed by atoms with Crippen LogP contribution in [0.4, 0.5) is 0 Å². The van der Waals surface area contributed by atoms with Crippen molar-refractivity contribution in [1.82, 2.24) is 9.55 Å². The number of aliphatic hydroxyl groups is 2. The molecule has 1 fully saturated rings. The van der Waals surface area contributed by atoms with Crippen molar-refractivity contribution in [1.29, 1.82) is 0 Å². The van der Waals surface area contributed by atoms with Gasteiger partial charge in [-0.3, -0.25) is 18.9 Å². The van der Waals surface area contributed by atoms with Gasteiger partial charge in [-0.15, -0.1) is 0 Å². The van der Waals surface area contributed by atoms with Crippen molar-refractivity contribution in [3.63, 3.8) is 0 Å². The molecular formula is C9H14N2NaO9P. The van der Waals surface area contributed by atoms with Crippen LogP contribution in [-0.4, -0.2) is 84.0 Å². The van der Waals surface area contributed by atoms with Crippen LogP contribution in [-0.2, 0) is 13.8 Å². The molecule has 22 heavy (non-hydrogen) atoms. The summed E-state index contributed by atoms with van der Waals surface area (Å²) in [5.41, 5.74) is -1.51. The van der Waals surface area contributed by atoms with Gasteiger partial charge in [-0.05, 0) is 0 Å². The molecule has 11 nitrogen and oxygen atoms in total. The number of H-pyrrole nitrogens is 1. The summed E-state index contributed by atoms with van der Waals surface area (Å²) in [5, 5.41) is 19.6. The molecule has 13 heteroatoms. The van der Waals surface area contributed by atoms with Crippen LogP contribution in [0.3, 0.4) is 0 Å². The van der Waals surface area contributed by atoms with Gasteiger partial charge < -0.3 is 24.7 Å². The summed E-state index contributed by atoms with van der Waals surface area (Å²) in [4.78, 5) is 41.6. The molecule has 0 aromatic carbocycles. The zero-order valence-electron chi connectivity index (χ0n) is 10.4. The van der Waals surface area contributed by atoms with E-state index in [2.05, 4.69) is 4.52 Å². The van der Waals surface area contributed by atoms with E-state index >= 15 is 0 Å². The van der Waals surface area contributed by atoms with E-state index < -0.39 is 50.2 Å². The van der Waals surface area contributed by atoms with Gasteiger partial charge in [0.2, 0.25) is 0 Å². The number of phosphoric ester groups is 1. The third kappa shape index (κ3) is 4.59. The first kappa shape index (κ1) is 19.7. The van der Waals surface area contributed by atoms with Gasteiger partial charge in [-0.25, -0.2) is 9.36 Å². The number of hydrogen-bond acceptors (Lipinski definition) is 7. The molecule has 0 unspecified atom stereocenters. The molecule has 2 heterocycles. The molecule has 1 saturated heterocycles. The van der Waals surface area contributed by atoms with Crippen molar-refractivity contribution in [2.75, 3.05) is 6.61 Å². The summed E-state index contributed by atoms with van der Waals surface area (Å²) < 4.78 is 20.8. The Kier molecular flexibility index (Phi) is 6.72. The molecule has 1 aliphatic heterocycles. The fourth-order valence-electron chi connectivity index (χ4n) is 1.89. The number of rotatable bonds is 4. The van der Waals surface area contributed by atoms with Crippen LogP contribution in [0, 0.1) is 0 Å². The number of aromatic amines is 1. The average molecular weight is 348 g/mol. The fraction of sp³-hybridized carbons (Fsp3) is 0.556. The summed E-state index contributed by atoms with van der Waals surface area (Å²) in [6, 6.07) is 1.02. The molecule has 0 bridgehead atoms. The number of aromatic nitrogens is 2. The number of nitrogens with one attached hydrogen (secondary N) is 1. The number of ether oxygens (including phenoxy) is 1. The summed E-state index contributed by atoms with van der Waals surface area (Å²) >= 11 is 0. The third-order valence-electron chi connectivity index (χ3n) is 2.87. The Balaban J connectivity index is 0.00000242. The second-order valence-corrected chi connectivity index (χ2v) is 5.59. The molecule has 0 aliphatic carbocycles. The molecule has 1 aliphatic rings.